The fourth-order valence-corrected chi connectivity index (χ4v) is 3.38. The Labute approximate surface area is 170 Å². The Kier molecular flexibility index (Phi) is 3.87. The van der Waals surface area contributed by atoms with Crippen molar-refractivity contribution < 1.29 is 13.6 Å². The van der Waals surface area contributed by atoms with Gasteiger partial charge in [0.25, 0.3) is 17.1 Å². The third kappa shape index (κ3) is 2.62. The summed E-state index contributed by atoms with van der Waals surface area (Å²) in [4.78, 5) is 24.8. The van der Waals surface area contributed by atoms with Crippen LogP contribution in [0.3, 0.4) is 0 Å². The molecule has 0 aliphatic heterocycles. The van der Waals surface area contributed by atoms with Crippen LogP contribution in [0.5, 0.6) is 0 Å². The van der Waals surface area contributed by atoms with Crippen LogP contribution in [0.4, 0.5) is 0 Å². The molecule has 140 valence electrons. The number of carbonyl (C=O) groups excluding carboxylic acids is 1. The summed E-state index contributed by atoms with van der Waals surface area (Å²) >= 11 is 0. The molecule has 0 saturated carbocycles. The first-order chi connectivity index (χ1) is 14.7. The van der Waals surface area contributed by atoms with Crippen LogP contribution in [0, 0.1) is 17.9 Å². The summed E-state index contributed by atoms with van der Waals surface area (Å²) in [7, 11) is 0. The number of ketones is 1. The van der Waals surface area contributed by atoms with E-state index in [0.717, 1.165) is 5.56 Å². The standard InChI is InChI=1S/C23H10N4O3/c1-25-17(12-24)19-14-9-5-6-10-15(14)20(28)16(19)11-18-26-22-23(29-18)27-21(30-22)13-7-3-2-4-8-13/h2-11H/b16-11-,19-17-. The number of nitriles is 1. The van der Waals surface area contributed by atoms with Crippen LogP contribution in [0.1, 0.15) is 21.8 Å². The second-order valence-corrected chi connectivity index (χ2v) is 6.43. The van der Waals surface area contributed by atoms with Crippen LogP contribution < -0.4 is 0 Å². The van der Waals surface area contributed by atoms with E-state index >= 15 is 0 Å². The summed E-state index contributed by atoms with van der Waals surface area (Å²) < 4.78 is 11.3. The molecule has 0 fully saturated rings. The van der Waals surface area contributed by atoms with Gasteiger partial charge < -0.3 is 8.83 Å². The monoisotopic (exact) mass is 390 g/mol. The first-order valence-electron chi connectivity index (χ1n) is 8.90. The molecule has 5 rings (SSSR count). The number of rotatable bonds is 2. The summed E-state index contributed by atoms with van der Waals surface area (Å²) in [5.74, 6) is 0.178. The third-order valence-corrected chi connectivity index (χ3v) is 4.69. The van der Waals surface area contributed by atoms with Crippen molar-refractivity contribution in [2.75, 3.05) is 0 Å². The number of Topliss-reactive ketones (excluding diaryl/α,β-unsaturated/α-hetero) is 1. The number of fused-ring (bicyclic) bond motifs is 2. The maximum atomic E-state index is 12.9. The highest BCUT2D eigenvalue weighted by Gasteiger charge is 2.32. The SMILES string of the molecule is [C-]#[N+]/C(C#N)=C1\C(=C\c2nc3oc(-c4ccccc4)nc3o2)C(=O)c2ccccc21. The molecule has 0 saturated heterocycles. The minimum atomic E-state index is -0.301. The van der Waals surface area contributed by atoms with Crippen LogP contribution >= 0.6 is 0 Å². The van der Waals surface area contributed by atoms with E-state index in [1.54, 1.807) is 24.3 Å². The lowest BCUT2D eigenvalue weighted by Crippen LogP contribution is -1.95. The molecule has 0 radical (unpaired) electrons. The Hall–Kier alpha value is -4.75. The molecule has 0 N–H and O–H groups in total. The fraction of sp³-hybridized carbons (Fsp3) is 0. The summed E-state index contributed by atoms with van der Waals surface area (Å²) in [6.45, 7) is 7.31. The number of nitrogens with zero attached hydrogens (tertiary/aromatic N) is 4. The minimum absolute atomic E-state index is 0.104. The van der Waals surface area contributed by atoms with Crippen molar-refractivity contribution in [2.45, 2.75) is 0 Å². The summed E-state index contributed by atoms with van der Waals surface area (Å²) in [5.41, 5.74) is 2.43. The zero-order valence-corrected chi connectivity index (χ0v) is 15.3. The molecule has 0 unspecified atom stereocenters. The van der Waals surface area contributed by atoms with E-state index in [0.29, 0.717) is 17.0 Å². The van der Waals surface area contributed by atoms with E-state index in [1.807, 2.05) is 36.4 Å². The first-order valence-corrected chi connectivity index (χ1v) is 8.90. The molecule has 7 heteroatoms. The van der Waals surface area contributed by atoms with Crippen molar-refractivity contribution >= 4 is 28.9 Å². The second kappa shape index (κ2) is 6.69. The normalized spacial score (nSPS) is 15.8. The number of carbonyl (C=O) groups is 1. The van der Waals surface area contributed by atoms with Gasteiger partial charge in [0, 0.05) is 28.3 Å². The van der Waals surface area contributed by atoms with E-state index in [2.05, 4.69) is 14.8 Å². The number of hydrogen-bond acceptors (Lipinski definition) is 6. The van der Waals surface area contributed by atoms with Crippen molar-refractivity contribution in [3.8, 4) is 17.5 Å². The smallest absolute Gasteiger partial charge is 0.288 e. The number of aromatic nitrogens is 2. The third-order valence-electron chi connectivity index (χ3n) is 4.69. The predicted molar refractivity (Wildman–Crippen MR) is 107 cm³/mol. The van der Waals surface area contributed by atoms with E-state index in [1.165, 1.54) is 6.08 Å². The van der Waals surface area contributed by atoms with Gasteiger partial charge in [0.2, 0.25) is 11.8 Å². The maximum absolute atomic E-state index is 12.9. The van der Waals surface area contributed by atoms with Gasteiger partial charge in [-0.25, -0.2) is 10.1 Å². The Balaban J connectivity index is 1.62. The van der Waals surface area contributed by atoms with Crippen LogP contribution in [-0.2, 0) is 0 Å². The van der Waals surface area contributed by atoms with Gasteiger partial charge in [-0.05, 0) is 17.7 Å². The van der Waals surface area contributed by atoms with Crippen molar-refractivity contribution in [1.29, 1.82) is 5.26 Å². The molecule has 0 atom stereocenters. The van der Waals surface area contributed by atoms with Gasteiger partial charge in [-0.2, -0.15) is 9.97 Å². The van der Waals surface area contributed by atoms with Crippen LogP contribution in [-0.4, -0.2) is 15.8 Å². The lowest BCUT2D eigenvalue weighted by atomic mass is 10.0. The molecule has 30 heavy (non-hydrogen) atoms. The zero-order valence-electron chi connectivity index (χ0n) is 15.3. The van der Waals surface area contributed by atoms with Gasteiger partial charge in [0.1, 0.15) is 0 Å². The molecule has 7 nitrogen and oxygen atoms in total. The topological polar surface area (TPSA) is 97.3 Å². The molecule has 1 aliphatic carbocycles. The van der Waals surface area contributed by atoms with Crippen molar-refractivity contribution in [3.05, 3.63) is 94.3 Å². The van der Waals surface area contributed by atoms with E-state index in [4.69, 9.17) is 15.4 Å². The molecular weight excluding hydrogens is 380 g/mol. The van der Waals surface area contributed by atoms with Gasteiger partial charge in [-0.15, -0.1) is 0 Å². The molecule has 4 aromatic rings. The Morgan fingerprint density at radius 1 is 1.00 bits per heavy atom. The van der Waals surface area contributed by atoms with Crippen LogP contribution in [0.15, 0.2) is 74.7 Å². The van der Waals surface area contributed by atoms with Crippen molar-refractivity contribution in [3.63, 3.8) is 0 Å². The molecule has 2 aromatic heterocycles. The van der Waals surface area contributed by atoms with E-state index < -0.39 is 0 Å². The summed E-state index contributed by atoms with van der Waals surface area (Å²) in [6, 6.07) is 18.0. The Bertz CT molecular complexity index is 1430. The molecule has 2 aromatic carbocycles. The molecule has 0 spiro atoms. The average Bonchev–Trinajstić information content (AvgIpc) is 3.42. The van der Waals surface area contributed by atoms with E-state index in [-0.39, 0.29) is 39.9 Å². The van der Waals surface area contributed by atoms with Gasteiger partial charge in [0.15, 0.2) is 5.78 Å². The van der Waals surface area contributed by atoms with Crippen LogP contribution in [0.2, 0.25) is 0 Å². The number of allylic oxidation sites excluding steroid dienone is 3. The molecule has 1 aliphatic rings. The fourth-order valence-electron chi connectivity index (χ4n) is 3.38. The van der Waals surface area contributed by atoms with Crippen molar-refractivity contribution in [2.24, 2.45) is 0 Å². The van der Waals surface area contributed by atoms with Gasteiger partial charge in [-0.1, -0.05) is 42.5 Å². The largest absolute Gasteiger partial charge is 0.415 e. The first kappa shape index (κ1) is 17.4. The lowest BCUT2D eigenvalue weighted by Gasteiger charge is -2.00. The second-order valence-electron chi connectivity index (χ2n) is 6.43. The highest BCUT2D eigenvalue weighted by atomic mass is 16.4. The molecule has 0 bridgehead atoms. The van der Waals surface area contributed by atoms with E-state index in [9.17, 15) is 10.1 Å². The quantitative estimate of drug-likeness (QED) is 0.274. The highest BCUT2D eigenvalue weighted by molar-refractivity contribution is 6.29. The van der Waals surface area contributed by atoms with Gasteiger partial charge >= 0.3 is 0 Å². The number of hydrogen-bond donors (Lipinski definition) is 0. The van der Waals surface area contributed by atoms with Crippen molar-refractivity contribution in [1.82, 2.24) is 9.97 Å². The Morgan fingerprint density at radius 3 is 2.40 bits per heavy atom. The minimum Gasteiger partial charge on any atom is -0.415 e. The van der Waals surface area contributed by atoms with Gasteiger partial charge in [0.05, 0.1) is 12.6 Å². The molecule has 0 amide bonds. The number of benzene rings is 2. The summed E-state index contributed by atoms with van der Waals surface area (Å²) in [6.07, 6.45) is 1.42. The average molecular weight is 390 g/mol. The van der Waals surface area contributed by atoms with Gasteiger partial charge in [-0.3, -0.25) is 4.79 Å². The van der Waals surface area contributed by atoms with Crippen LogP contribution in [0.25, 0.3) is 39.4 Å². The zero-order chi connectivity index (χ0) is 20.7. The summed E-state index contributed by atoms with van der Waals surface area (Å²) in [5, 5.41) is 9.38. The molecular formula is C23H10N4O3. The number of oxazole rings is 2. The Morgan fingerprint density at radius 2 is 1.70 bits per heavy atom. The highest BCUT2D eigenvalue weighted by Crippen LogP contribution is 2.40. The predicted octanol–water partition coefficient (Wildman–Crippen LogP) is 4.92. The molecule has 2 heterocycles. The lowest BCUT2D eigenvalue weighted by molar-refractivity contribution is 0.104. The maximum Gasteiger partial charge on any atom is 0.288 e.